The first kappa shape index (κ1) is 15.7. The predicted molar refractivity (Wildman–Crippen MR) is 87.1 cm³/mol. The number of nitrogens with zero attached hydrogens (tertiary/aromatic N) is 1. The third-order valence-electron chi connectivity index (χ3n) is 3.79. The summed E-state index contributed by atoms with van der Waals surface area (Å²) >= 11 is 0. The van der Waals surface area contributed by atoms with E-state index in [0.717, 1.165) is 12.1 Å². The van der Waals surface area contributed by atoms with Gasteiger partial charge in [0.15, 0.2) is 0 Å². The highest BCUT2D eigenvalue weighted by molar-refractivity contribution is 5.27. The van der Waals surface area contributed by atoms with Crippen LogP contribution in [0.4, 0.5) is 0 Å². The van der Waals surface area contributed by atoms with Crippen molar-refractivity contribution in [2.24, 2.45) is 5.73 Å². The van der Waals surface area contributed by atoms with Crippen molar-refractivity contribution < 1.29 is 4.74 Å². The SMILES string of the molecule is COCCN(C)C(c1ccccc1)C(N)c1ccccc1. The van der Waals surface area contributed by atoms with Crippen LogP contribution >= 0.6 is 0 Å². The molecule has 0 aliphatic heterocycles. The van der Waals surface area contributed by atoms with E-state index in [2.05, 4.69) is 48.3 Å². The molecule has 0 saturated carbocycles. The van der Waals surface area contributed by atoms with Crippen LogP contribution in [0.15, 0.2) is 60.7 Å². The second kappa shape index (κ2) is 7.93. The highest BCUT2D eigenvalue weighted by Crippen LogP contribution is 2.31. The lowest BCUT2D eigenvalue weighted by Gasteiger charge is -2.33. The van der Waals surface area contributed by atoms with Crippen molar-refractivity contribution in [2.45, 2.75) is 12.1 Å². The van der Waals surface area contributed by atoms with Crippen molar-refractivity contribution in [2.75, 3.05) is 27.3 Å². The molecule has 2 N–H and O–H groups in total. The molecule has 0 spiro atoms. The second-order valence-corrected chi connectivity index (χ2v) is 5.27. The van der Waals surface area contributed by atoms with Crippen molar-refractivity contribution in [3.05, 3.63) is 71.8 Å². The van der Waals surface area contributed by atoms with Crippen LogP contribution < -0.4 is 5.73 Å². The number of likely N-dealkylation sites (N-methyl/N-ethyl adjacent to an activating group) is 1. The van der Waals surface area contributed by atoms with E-state index in [4.69, 9.17) is 10.5 Å². The Hall–Kier alpha value is -1.68. The number of hydrogen-bond donors (Lipinski definition) is 1. The van der Waals surface area contributed by atoms with Crippen molar-refractivity contribution in [1.82, 2.24) is 4.90 Å². The Morgan fingerprint density at radius 2 is 1.48 bits per heavy atom. The third kappa shape index (κ3) is 4.14. The van der Waals surface area contributed by atoms with Gasteiger partial charge in [0.25, 0.3) is 0 Å². The summed E-state index contributed by atoms with van der Waals surface area (Å²) in [4.78, 5) is 2.26. The molecule has 3 nitrogen and oxygen atoms in total. The standard InChI is InChI=1S/C18H24N2O/c1-20(13-14-21-2)18(16-11-7-4-8-12-16)17(19)15-9-5-3-6-10-15/h3-12,17-18H,13-14,19H2,1-2H3. The molecule has 2 unspecified atom stereocenters. The van der Waals surface area contributed by atoms with Crippen LogP contribution in [0.1, 0.15) is 23.2 Å². The molecule has 112 valence electrons. The molecule has 2 aromatic rings. The summed E-state index contributed by atoms with van der Waals surface area (Å²) in [5.74, 6) is 0. The van der Waals surface area contributed by atoms with Crippen LogP contribution in [0, 0.1) is 0 Å². The van der Waals surface area contributed by atoms with Crippen molar-refractivity contribution in [1.29, 1.82) is 0 Å². The van der Waals surface area contributed by atoms with Crippen molar-refractivity contribution in [3.8, 4) is 0 Å². The third-order valence-corrected chi connectivity index (χ3v) is 3.79. The second-order valence-electron chi connectivity index (χ2n) is 5.27. The summed E-state index contributed by atoms with van der Waals surface area (Å²) in [5.41, 5.74) is 8.94. The van der Waals surface area contributed by atoms with E-state index in [1.165, 1.54) is 5.56 Å². The average Bonchev–Trinajstić information content (AvgIpc) is 2.55. The van der Waals surface area contributed by atoms with Gasteiger partial charge in [-0.2, -0.15) is 0 Å². The number of ether oxygens (including phenoxy) is 1. The molecule has 0 amide bonds. The molecule has 3 heteroatoms. The summed E-state index contributed by atoms with van der Waals surface area (Å²) in [5, 5.41) is 0. The monoisotopic (exact) mass is 284 g/mol. The molecule has 21 heavy (non-hydrogen) atoms. The minimum absolute atomic E-state index is 0.0737. The van der Waals surface area contributed by atoms with Crippen molar-refractivity contribution in [3.63, 3.8) is 0 Å². The highest BCUT2D eigenvalue weighted by Gasteiger charge is 2.25. The zero-order chi connectivity index (χ0) is 15.1. The van der Waals surface area contributed by atoms with Crippen LogP contribution in [-0.2, 0) is 4.74 Å². The summed E-state index contributed by atoms with van der Waals surface area (Å²) in [7, 11) is 3.82. The first-order chi connectivity index (χ1) is 10.2. The summed E-state index contributed by atoms with van der Waals surface area (Å²) < 4.78 is 5.20. The van der Waals surface area contributed by atoms with Gasteiger partial charge in [-0.1, -0.05) is 60.7 Å². The molecule has 0 radical (unpaired) electrons. The number of nitrogens with two attached hydrogens (primary N) is 1. The highest BCUT2D eigenvalue weighted by atomic mass is 16.5. The van der Waals surface area contributed by atoms with Gasteiger partial charge >= 0.3 is 0 Å². The van der Waals surface area contributed by atoms with Crippen LogP contribution in [0.3, 0.4) is 0 Å². The zero-order valence-electron chi connectivity index (χ0n) is 12.8. The summed E-state index contributed by atoms with van der Waals surface area (Å²) in [6.45, 7) is 1.54. The molecule has 0 heterocycles. The van der Waals surface area contributed by atoms with Gasteiger partial charge in [-0.05, 0) is 18.2 Å². The Morgan fingerprint density at radius 1 is 0.952 bits per heavy atom. The quantitative estimate of drug-likeness (QED) is 0.849. The largest absolute Gasteiger partial charge is 0.383 e. The molecule has 0 aliphatic rings. The Labute approximate surface area is 127 Å². The number of methoxy groups -OCH3 is 1. The fraction of sp³-hybridized carbons (Fsp3) is 0.333. The predicted octanol–water partition coefficient (Wildman–Crippen LogP) is 3.01. The smallest absolute Gasteiger partial charge is 0.0589 e. The van der Waals surface area contributed by atoms with Crippen LogP contribution in [0.25, 0.3) is 0 Å². The van der Waals surface area contributed by atoms with Gasteiger partial charge in [-0.25, -0.2) is 0 Å². The Morgan fingerprint density at radius 3 is 2.00 bits per heavy atom. The fourth-order valence-electron chi connectivity index (χ4n) is 2.62. The number of benzene rings is 2. The first-order valence-electron chi connectivity index (χ1n) is 7.28. The molecule has 2 rings (SSSR count). The minimum atomic E-state index is -0.0737. The molecule has 0 aromatic heterocycles. The lowest BCUT2D eigenvalue weighted by atomic mass is 9.93. The van der Waals surface area contributed by atoms with E-state index in [1.54, 1.807) is 7.11 Å². The van der Waals surface area contributed by atoms with Gasteiger partial charge in [0.2, 0.25) is 0 Å². The van der Waals surface area contributed by atoms with E-state index in [9.17, 15) is 0 Å². The lowest BCUT2D eigenvalue weighted by molar-refractivity contribution is 0.129. The topological polar surface area (TPSA) is 38.5 Å². The van der Waals surface area contributed by atoms with E-state index in [0.29, 0.717) is 6.61 Å². The molecule has 2 atom stereocenters. The molecular weight excluding hydrogens is 260 g/mol. The normalized spacial score (nSPS) is 14.1. The number of hydrogen-bond acceptors (Lipinski definition) is 3. The van der Waals surface area contributed by atoms with Gasteiger partial charge in [0.05, 0.1) is 12.6 Å². The van der Waals surface area contributed by atoms with E-state index >= 15 is 0 Å². The summed E-state index contributed by atoms with van der Waals surface area (Å²) in [6, 6.07) is 20.7. The molecule has 0 bridgehead atoms. The minimum Gasteiger partial charge on any atom is -0.383 e. The van der Waals surface area contributed by atoms with Crippen molar-refractivity contribution >= 4 is 0 Å². The molecular formula is C18H24N2O. The van der Waals surface area contributed by atoms with E-state index in [-0.39, 0.29) is 12.1 Å². The lowest BCUT2D eigenvalue weighted by Crippen LogP contribution is -2.35. The van der Waals surface area contributed by atoms with Gasteiger partial charge in [0, 0.05) is 19.7 Å². The Kier molecular flexibility index (Phi) is 5.93. The zero-order valence-corrected chi connectivity index (χ0v) is 12.8. The molecule has 2 aromatic carbocycles. The van der Waals surface area contributed by atoms with Gasteiger partial charge in [0.1, 0.15) is 0 Å². The number of rotatable bonds is 7. The maximum atomic E-state index is 6.56. The van der Waals surface area contributed by atoms with Crippen LogP contribution in [-0.4, -0.2) is 32.2 Å². The van der Waals surface area contributed by atoms with Crippen LogP contribution in [0.2, 0.25) is 0 Å². The average molecular weight is 284 g/mol. The fourth-order valence-corrected chi connectivity index (χ4v) is 2.62. The maximum Gasteiger partial charge on any atom is 0.0589 e. The van der Waals surface area contributed by atoms with Gasteiger partial charge < -0.3 is 10.5 Å². The van der Waals surface area contributed by atoms with Crippen LogP contribution in [0.5, 0.6) is 0 Å². The summed E-state index contributed by atoms with van der Waals surface area (Å²) in [6.07, 6.45) is 0. The van der Waals surface area contributed by atoms with E-state index < -0.39 is 0 Å². The van der Waals surface area contributed by atoms with Gasteiger partial charge in [-0.3, -0.25) is 4.90 Å². The van der Waals surface area contributed by atoms with Gasteiger partial charge in [-0.15, -0.1) is 0 Å². The Bertz CT molecular complexity index is 515. The first-order valence-corrected chi connectivity index (χ1v) is 7.28. The molecule has 0 saturated heterocycles. The maximum absolute atomic E-state index is 6.56. The molecule has 0 fully saturated rings. The van der Waals surface area contributed by atoms with E-state index in [1.807, 2.05) is 24.3 Å². The Balaban J connectivity index is 2.27. The molecule has 0 aliphatic carbocycles.